The Bertz CT molecular complexity index is 3880. The van der Waals surface area contributed by atoms with E-state index in [-0.39, 0.29) is 0 Å². The van der Waals surface area contributed by atoms with Crippen molar-refractivity contribution in [3.05, 3.63) is 218 Å². The minimum absolute atomic E-state index is 0.598. The van der Waals surface area contributed by atoms with Gasteiger partial charge in [0.25, 0.3) is 0 Å². The van der Waals surface area contributed by atoms with E-state index < -0.39 is 0 Å². The van der Waals surface area contributed by atoms with Gasteiger partial charge in [-0.25, -0.2) is 9.97 Å². The molecule has 0 aliphatic heterocycles. The van der Waals surface area contributed by atoms with E-state index in [9.17, 15) is 0 Å². The molecule has 13 rings (SSSR count). The average molecular weight is 805 g/mol. The standard InChI is InChI=1S/C58H36N4O/c1-3-16-42(17-4-1)61-53-23-10-7-20-44(53)48-34-38(27-30-55(48)61)37-26-29-50-47(33-37)46(39-14-13-15-41(32-39)58-60-51-22-9-12-25-57(51)63-58)36-52(59-50)40-28-31-56-49(35-40)45-21-8-11-24-54(45)62(56)43-18-5-2-6-19-43/h1-36H. The monoisotopic (exact) mass is 804 g/mol. The van der Waals surface area contributed by atoms with Crippen molar-refractivity contribution >= 4 is 65.6 Å². The number of para-hydroxylation sites is 6. The minimum Gasteiger partial charge on any atom is -0.436 e. The normalized spacial score (nSPS) is 11.8. The quantitative estimate of drug-likeness (QED) is 0.168. The predicted octanol–water partition coefficient (Wildman–Crippen LogP) is 15.2. The first-order chi connectivity index (χ1) is 31.2. The van der Waals surface area contributed by atoms with Crippen LogP contribution < -0.4 is 0 Å². The first kappa shape index (κ1) is 35.2. The van der Waals surface area contributed by atoms with Gasteiger partial charge in [-0.15, -0.1) is 0 Å². The van der Waals surface area contributed by atoms with E-state index in [1.54, 1.807) is 0 Å². The molecule has 0 aliphatic carbocycles. The van der Waals surface area contributed by atoms with Gasteiger partial charge in [-0.3, -0.25) is 0 Å². The molecule has 0 aliphatic rings. The average Bonchev–Trinajstić information content (AvgIpc) is 4.04. The molecule has 0 atom stereocenters. The van der Waals surface area contributed by atoms with Gasteiger partial charge in [0.15, 0.2) is 5.58 Å². The van der Waals surface area contributed by atoms with Crippen molar-refractivity contribution in [2.45, 2.75) is 0 Å². The summed E-state index contributed by atoms with van der Waals surface area (Å²) in [5.74, 6) is 0.598. The van der Waals surface area contributed by atoms with Crippen molar-refractivity contribution in [1.29, 1.82) is 0 Å². The lowest BCUT2D eigenvalue weighted by atomic mass is 9.94. The first-order valence-electron chi connectivity index (χ1n) is 21.3. The Hall–Kier alpha value is -8.54. The summed E-state index contributed by atoms with van der Waals surface area (Å²) in [5, 5.41) is 5.91. The Morgan fingerprint density at radius 3 is 1.54 bits per heavy atom. The van der Waals surface area contributed by atoms with Gasteiger partial charge in [0.05, 0.1) is 33.3 Å². The van der Waals surface area contributed by atoms with Crippen molar-refractivity contribution in [2.75, 3.05) is 0 Å². The summed E-state index contributed by atoms with van der Waals surface area (Å²) in [6.45, 7) is 0. The van der Waals surface area contributed by atoms with E-state index in [0.717, 1.165) is 78.0 Å². The van der Waals surface area contributed by atoms with Gasteiger partial charge >= 0.3 is 0 Å². The molecular formula is C58H36N4O. The number of fused-ring (bicyclic) bond motifs is 8. The lowest BCUT2D eigenvalue weighted by Gasteiger charge is -2.14. The molecule has 0 amide bonds. The van der Waals surface area contributed by atoms with Crippen LogP contribution in [0.1, 0.15) is 0 Å². The van der Waals surface area contributed by atoms with Gasteiger partial charge in [-0.2, -0.15) is 0 Å². The zero-order valence-corrected chi connectivity index (χ0v) is 34.0. The maximum absolute atomic E-state index is 6.28. The summed E-state index contributed by atoms with van der Waals surface area (Å²) in [5.41, 5.74) is 16.8. The number of aromatic nitrogens is 4. The molecule has 5 heteroatoms. The van der Waals surface area contributed by atoms with Crippen LogP contribution in [-0.4, -0.2) is 19.1 Å². The lowest BCUT2D eigenvalue weighted by molar-refractivity contribution is 0.620. The number of hydrogen-bond acceptors (Lipinski definition) is 3. The number of benzene rings is 9. The molecule has 0 spiro atoms. The largest absolute Gasteiger partial charge is 0.436 e. The van der Waals surface area contributed by atoms with Crippen molar-refractivity contribution in [3.8, 4) is 56.3 Å². The van der Waals surface area contributed by atoms with Crippen molar-refractivity contribution < 1.29 is 4.42 Å². The topological polar surface area (TPSA) is 48.8 Å². The van der Waals surface area contributed by atoms with E-state index in [1.165, 1.54) is 38.1 Å². The summed E-state index contributed by atoms with van der Waals surface area (Å²) in [6, 6.07) is 77.6. The predicted molar refractivity (Wildman–Crippen MR) is 260 cm³/mol. The summed E-state index contributed by atoms with van der Waals surface area (Å²) >= 11 is 0. The van der Waals surface area contributed by atoms with Crippen LogP contribution in [0.2, 0.25) is 0 Å². The second-order valence-corrected chi connectivity index (χ2v) is 16.2. The lowest BCUT2D eigenvalue weighted by Crippen LogP contribution is -1.94. The molecular weight excluding hydrogens is 769 g/mol. The molecule has 4 heterocycles. The first-order valence-corrected chi connectivity index (χ1v) is 21.3. The molecule has 0 unspecified atom stereocenters. The van der Waals surface area contributed by atoms with Crippen LogP contribution in [0, 0.1) is 0 Å². The summed E-state index contributed by atoms with van der Waals surface area (Å²) < 4.78 is 11.0. The smallest absolute Gasteiger partial charge is 0.227 e. The molecule has 5 nitrogen and oxygen atoms in total. The maximum atomic E-state index is 6.28. The van der Waals surface area contributed by atoms with Crippen LogP contribution in [0.4, 0.5) is 0 Å². The van der Waals surface area contributed by atoms with Gasteiger partial charge < -0.3 is 13.6 Å². The van der Waals surface area contributed by atoms with Crippen LogP contribution >= 0.6 is 0 Å². The summed E-state index contributed by atoms with van der Waals surface area (Å²) in [6.07, 6.45) is 0. The molecule has 0 fully saturated rings. The van der Waals surface area contributed by atoms with Gasteiger partial charge in [0.2, 0.25) is 5.89 Å². The Kier molecular flexibility index (Phi) is 7.84. The SMILES string of the molecule is c1ccc(-n2c3ccccc3c3cc(-c4ccc5nc(-c6ccc7c(c6)c6ccccc6n7-c6ccccc6)cc(-c6cccc(-c7nc8ccccc8o7)c6)c5c4)ccc32)cc1. The molecule has 63 heavy (non-hydrogen) atoms. The molecule has 9 aromatic carbocycles. The van der Waals surface area contributed by atoms with Crippen LogP contribution in [-0.2, 0) is 0 Å². The second-order valence-electron chi connectivity index (χ2n) is 16.2. The van der Waals surface area contributed by atoms with Crippen LogP contribution in [0.3, 0.4) is 0 Å². The Labute approximate surface area is 362 Å². The number of pyridine rings is 1. The zero-order chi connectivity index (χ0) is 41.4. The highest BCUT2D eigenvalue weighted by Crippen LogP contribution is 2.41. The molecule has 4 aromatic heterocycles. The minimum atomic E-state index is 0.598. The van der Waals surface area contributed by atoms with Crippen LogP contribution in [0.25, 0.3) is 122 Å². The van der Waals surface area contributed by atoms with Crippen molar-refractivity contribution in [3.63, 3.8) is 0 Å². The van der Waals surface area contributed by atoms with Crippen LogP contribution in [0.15, 0.2) is 223 Å². The highest BCUT2D eigenvalue weighted by molar-refractivity contribution is 6.12. The second kappa shape index (κ2) is 14.0. The molecule has 294 valence electrons. The zero-order valence-electron chi connectivity index (χ0n) is 34.0. The number of hydrogen-bond donors (Lipinski definition) is 0. The van der Waals surface area contributed by atoms with E-state index in [4.69, 9.17) is 14.4 Å². The van der Waals surface area contributed by atoms with Gasteiger partial charge in [0.1, 0.15) is 5.52 Å². The molecule has 0 saturated carbocycles. The Balaban J connectivity index is 1.00. The van der Waals surface area contributed by atoms with Crippen molar-refractivity contribution in [2.24, 2.45) is 0 Å². The summed E-state index contributed by atoms with van der Waals surface area (Å²) in [4.78, 5) is 10.3. The maximum Gasteiger partial charge on any atom is 0.227 e. The third-order valence-corrected chi connectivity index (χ3v) is 12.5. The number of nitrogens with zero attached hydrogens (tertiary/aromatic N) is 4. The van der Waals surface area contributed by atoms with E-state index in [2.05, 4.69) is 203 Å². The third kappa shape index (κ3) is 5.71. The fourth-order valence-electron chi connectivity index (χ4n) is 9.60. The molecule has 13 aromatic rings. The Morgan fingerprint density at radius 2 is 0.857 bits per heavy atom. The van der Waals surface area contributed by atoms with Gasteiger partial charge in [0, 0.05) is 49.4 Å². The molecule has 0 N–H and O–H groups in total. The van der Waals surface area contributed by atoms with Gasteiger partial charge in [-0.05, 0) is 125 Å². The van der Waals surface area contributed by atoms with Gasteiger partial charge in [-0.1, -0.05) is 115 Å². The number of rotatable bonds is 6. The third-order valence-electron chi connectivity index (χ3n) is 12.5. The van der Waals surface area contributed by atoms with Crippen LogP contribution in [0.5, 0.6) is 0 Å². The molecule has 0 saturated heterocycles. The van der Waals surface area contributed by atoms with E-state index in [1.807, 2.05) is 24.3 Å². The fraction of sp³-hybridized carbons (Fsp3) is 0. The van der Waals surface area contributed by atoms with Crippen molar-refractivity contribution in [1.82, 2.24) is 19.1 Å². The van der Waals surface area contributed by atoms with E-state index in [0.29, 0.717) is 5.89 Å². The van der Waals surface area contributed by atoms with E-state index >= 15 is 0 Å². The Morgan fingerprint density at radius 1 is 0.317 bits per heavy atom. The highest BCUT2D eigenvalue weighted by atomic mass is 16.3. The highest BCUT2D eigenvalue weighted by Gasteiger charge is 2.18. The fourth-order valence-corrected chi connectivity index (χ4v) is 9.60. The molecule has 0 bridgehead atoms. The summed E-state index contributed by atoms with van der Waals surface area (Å²) in [7, 11) is 0. The molecule has 0 radical (unpaired) electrons. The number of oxazole rings is 1.